The van der Waals surface area contributed by atoms with Gasteiger partial charge in [-0.25, -0.2) is 4.79 Å². The second-order valence-corrected chi connectivity index (χ2v) is 7.84. The van der Waals surface area contributed by atoms with Gasteiger partial charge in [0.25, 0.3) is 0 Å². The van der Waals surface area contributed by atoms with Crippen LogP contribution in [0.1, 0.15) is 64.4 Å². The first-order valence-electron chi connectivity index (χ1n) is 11.0. The van der Waals surface area contributed by atoms with Gasteiger partial charge in [0, 0.05) is 19.5 Å². The number of carbonyl (C=O) groups is 2. The number of carbonyl (C=O) groups excluding carboxylic acids is 2. The van der Waals surface area contributed by atoms with Gasteiger partial charge in [0.05, 0.1) is 12.6 Å². The van der Waals surface area contributed by atoms with Gasteiger partial charge in [0.1, 0.15) is 12.6 Å². The molecule has 1 saturated heterocycles. The molecule has 1 aliphatic heterocycles. The molecule has 1 aliphatic rings. The lowest BCUT2D eigenvalue weighted by atomic mass is 10.1. The van der Waals surface area contributed by atoms with E-state index in [1.54, 1.807) is 0 Å². The molecule has 6 nitrogen and oxygen atoms in total. The van der Waals surface area contributed by atoms with Crippen molar-refractivity contribution in [2.75, 3.05) is 19.6 Å². The molecule has 2 amide bonds. The van der Waals surface area contributed by atoms with E-state index in [1.807, 2.05) is 35.2 Å². The SMILES string of the molecule is CCCCCN(CCCCC)C(=O)[C@@H]1CC(O)CN1C(=O)OCc1ccccc1. The van der Waals surface area contributed by atoms with Crippen molar-refractivity contribution in [1.29, 1.82) is 0 Å². The van der Waals surface area contributed by atoms with Crippen LogP contribution in [-0.4, -0.2) is 58.7 Å². The molecule has 0 saturated carbocycles. The monoisotopic (exact) mass is 404 g/mol. The number of ether oxygens (including phenoxy) is 1. The molecule has 2 rings (SSSR count). The summed E-state index contributed by atoms with van der Waals surface area (Å²) < 4.78 is 5.42. The van der Waals surface area contributed by atoms with Crippen molar-refractivity contribution in [3.63, 3.8) is 0 Å². The standard InChI is InChI=1S/C23H36N2O4/c1-3-5-10-14-24(15-11-6-4-2)22(27)21-16-20(26)17-25(21)23(28)29-18-19-12-8-7-9-13-19/h7-9,12-13,20-21,26H,3-6,10-11,14-18H2,1-2H3/t20?,21-/m0/s1. The Morgan fingerprint density at radius 1 is 1.07 bits per heavy atom. The molecule has 1 aromatic rings. The van der Waals surface area contributed by atoms with E-state index in [9.17, 15) is 14.7 Å². The number of aliphatic hydroxyl groups excluding tert-OH is 1. The summed E-state index contributed by atoms with van der Waals surface area (Å²) in [6.07, 6.45) is 5.31. The van der Waals surface area contributed by atoms with Crippen LogP contribution in [0.25, 0.3) is 0 Å². The smallest absolute Gasteiger partial charge is 0.410 e. The quantitative estimate of drug-likeness (QED) is 0.567. The van der Waals surface area contributed by atoms with Crippen molar-refractivity contribution >= 4 is 12.0 Å². The van der Waals surface area contributed by atoms with Crippen LogP contribution in [0, 0.1) is 0 Å². The maximum atomic E-state index is 13.2. The Balaban J connectivity index is 2.00. The molecule has 0 radical (unpaired) electrons. The molecule has 162 valence electrons. The fourth-order valence-corrected chi connectivity index (χ4v) is 3.70. The lowest BCUT2D eigenvalue weighted by molar-refractivity contribution is -0.135. The van der Waals surface area contributed by atoms with E-state index >= 15 is 0 Å². The van der Waals surface area contributed by atoms with Crippen LogP contribution >= 0.6 is 0 Å². The van der Waals surface area contributed by atoms with Crippen LogP contribution in [0.4, 0.5) is 4.79 Å². The molecule has 0 bridgehead atoms. The van der Waals surface area contributed by atoms with Crippen LogP contribution < -0.4 is 0 Å². The van der Waals surface area contributed by atoms with Gasteiger partial charge in [-0.1, -0.05) is 69.9 Å². The lowest BCUT2D eigenvalue weighted by Gasteiger charge is -2.30. The minimum Gasteiger partial charge on any atom is -0.445 e. The summed E-state index contributed by atoms with van der Waals surface area (Å²) in [4.78, 5) is 29.2. The van der Waals surface area contributed by atoms with E-state index in [1.165, 1.54) is 4.90 Å². The maximum Gasteiger partial charge on any atom is 0.410 e. The summed E-state index contributed by atoms with van der Waals surface area (Å²) in [7, 11) is 0. The Morgan fingerprint density at radius 3 is 2.28 bits per heavy atom. The Bertz CT molecular complexity index is 613. The minimum absolute atomic E-state index is 0.0644. The Morgan fingerprint density at radius 2 is 1.69 bits per heavy atom. The van der Waals surface area contributed by atoms with Gasteiger partial charge in [-0.15, -0.1) is 0 Å². The average Bonchev–Trinajstić information content (AvgIpc) is 3.13. The van der Waals surface area contributed by atoms with E-state index in [0.29, 0.717) is 13.1 Å². The molecule has 6 heteroatoms. The third-order valence-electron chi connectivity index (χ3n) is 5.38. The molecule has 0 aliphatic carbocycles. The lowest BCUT2D eigenvalue weighted by Crippen LogP contribution is -2.48. The molecular formula is C23H36N2O4. The molecule has 1 heterocycles. The number of likely N-dealkylation sites (tertiary alicyclic amines) is 1. The molecular weight excluding hydrogens is 368 g/mol. The zero-order chi connectivity index (χ0) is 21.1. The van der Waals surface area contributed by atoms with Gasteiger partial charge in [0.15, 0.2) is 0 Å². The molecule has 1 fully saturated rings. The third-order valence-corrected chi connectivity index (χ3v) is 5.38. The molecule has 1 aromatic carbocycles. The first-order chi connectivity index (χ1) is 14.1. The van der Waals surface area contributed by atoms with E-state index in [0.717, 1.165) is 44.1 Å². The van der Waals surface area contributed by atoms with Crippen molar-refractivity contribution < 1.29 is 19.4 Å². The predicted octanol–water partition coefficient (Wildman–Crippen LogP) is 3.97. The molecule has 1 N–H and O–H groups in total. The number of unbranched alkanes of at least 4 members (excludes halogenated alkanes) is 4. The molecule has 0 aromatic heterocycles. The van der Waals surface area contributed by atoms with E-state index in [-0.39, 0.29) is 25.5 Å². The maximum absolute atomic E-state index is 13.2. The molecule has 2 atom stereocenters. The minimum atomic E-state index is -0.693. The Hall–Kier alpha value is -2.08. The number of benzene rings is 1. The number of nitrogens with zero attached hydrogens (tertiary/aromatic N) is 2. The van der Waals surface area contributed by atoms with Gasteiger partial charge in [-0.05, 0) is 18.4 Å². The van der Waals surface area contributed by atoms with Crippen LogP contribution in [0.15, 0.2) is 30.3 Å². The highest BCUT2D eigenvalue weighted by molar-refractivity contribution is 5.86. The fraction of sp³-hybridized carbons (Fsp3) is 0.652. The summed E-state index contributed by atoms with van der Waals surface area (Å²) >= 11 is 0. The molecule has 0 spiro atoms. The summed E-state index contributed by atoms with van der Waals surface area (Å²) in [5.74, 6) is -0.0644. The zero-order valence-electron chi connectivity index (χ0n) is 17.9. The number of rotatable bonds is 11. The first-order valence-corrected chi connectivity index (χ1v) is 11.0. The Labute approximate surface area is 174 Å². The Kier molecular flexibility index (Phi) is 9.98. The van der Waals surface area contributed by atoms with Crippen molar-refractivity contribution in [2.45, 2.75) is 77.5 Å². The number of hydrogen-bond acceptors (Lipinski definition) is 4. The fourth-order valence-electron chi connectivity index (χ4n) is 3.70. The molecule has 1 unspecified atom stereocenters. The molecule has 29 heavy (non-hydrogen) atoms. The van der Waals surface area contributed by atoms with E-state index in [4.69, 9.17) is 4.74 Å². The van der Waals surface area contributed by atoms with E-state index < -0.39 is 18.2 Å². The highest BCUT2D eigenvalue weighted by Gasteiger charge is 2.41. The van der Waals surface area contributed by atoms with Crippen LogP contribution in [0.3, 0.4) is 0 Å². The van der Waals surface area contributed by atoms with Gasteiger partial charge in [-0.3, -0.25) is 9.69 Å². The normalized spacial score (nSPS) is 18.7. The summed E-state index contributed by atoms with van der Waals surface area (Å²) in [5, 5.41) is 10.1. The van der Waals surface area contributed by atoms with Gasteiger partial charge >= 0.3 is 6.09 Å². The highest BCUT2D eigenvalue weighted by atomic mass is 16.6. The number of amides is 2. The first kappa shape index (κ1) is 23.2. The van der Waals surface area contributed by atoms with Crippen molar-refractivity contribution in [1.82, 2.24) is 9.80 Å². The summed E-state index contributed by atoms with van der Waals surface area (Å²) in [6, 6.07) is 8.81. The van der Waals surface area contributed by atoms with Crippen molar-refractivity contribution in [3.8, 4) is 0 Å². The number of β-amino-alcohol motifs (C(OH)–C–C–N with tert-alkyl or cyclic N) is 1. The summed E-state index contributed by atoms with van der Waals surface area (Å²) in [6.45, 7) is 5.99. The van der Waals surface area contributed by atoms with Gasteiger partial charge < -0.3 is 14.7 Å². The average molecular weight is 405 g/mol. The van der Waals surface area contributed by atoms with Crippen LogP contribution in [0.5, 0.6) is 0 Å². The van der Waals surface area contributed by atoms with Crippen LogP contribution in [0.2, 0.25) is 0 Å². The van der Waals surface area contributed by atoms with E-state index in [2.05, 4.69) is 13.8 Å². The van der Waals surface area contributed by atoms with Crippen molar-refractivity contribution in [3.05, 3.63) is 35.9 Å². The van der Waals surface area contributed by atoms with Gasteiger partial charge in [0.2, 0.25) is 5.91 Å². The van der Waals surface area contributed by atoms with Crippen LogP contribution in [-0.2, 0) is 16.1 Å². The summed E-state index contributed by atoms with van der Waals surface area (Å²) in [5.41, 5.74) is 0.893. The number of hydrogen-bond donors (Lipinski definition) is 1. The highest BCUT2D eigenvalue weighted by Crippen LogP contribution is 2.22. The predicted molar refractivity (Wildman–Crippen MR) is 113 cm³/mol. The van der Waals surface area contributed by atoms with Crippen molar-refractivity contribution in [2.24, 2.45) is 0 Å². The topological polar surface area (TPSA) is 70.1 Å². The second-order valence-electron chi connectivity index (χ2n) is 7.84. The number of aliphatic hydroxyl groups is 1. The second kappa shape index (κ2) is 12.5. The third kappa shape index (κ3) is 7.35. The zero-order valence-corrected chi connectivity index (χ0v) is 17.9. The van der Waals surface area contributed by atoms with Gasteiger partial charge in [-0.2, -0.15) is 0 Å². The largest absolute Gasteiger partial charge is 0.445 e.